The van der Waals surface area contributed by atoms with E-state index in [1.807, 2.05) is 0 Å². The van der Waals surface area contributed by atoms with Gasteiger partial charge in [-0.3, -0.25) is 0 Å². The van der Waals surface area contributed by atoms with E-state index in [0.29, 0.717) is 5.92 Å². The van der Waals surface area contributed by atoms with E-state index in [-0.39, 0.29) is 23.0 Å². The van der Waals surface area contributed by atoms with E-state index in [9.17, 15) is 5.11 Å². The number of hydrogen-bond acceptors (Lipinski definition) is 1. The van der Waals surface area contributed by atoms with Gasteiger partial charge in [-0.2, -0.15) is 0 Å². The molecule has 0 aromatic rings. The first-order valence-electron chi connectivity index (χ1n) is 5.95. The van der Waals surface area contributed by atoms with Crippen LogP contribution in [0.25, 0.3) is 0 Å². The molecule has 84 valence electrons. The minimum Gasteiger partial charge on any atom is -0.390 e. The van der Waals surface area contributed by atoms with Crippen molar-refractivity contribution in [1.82, 2.24) is 0 Å². The molecule has 0 spiro atoms. The van der Waals surface area contributed by atoms with Gasteiger partial charge in [0.25, 0.3) is 0 Å². The second kappa shape index (κ2) is 6.88. The molecular weight excluding hydrogens is 187 g/mol. The normalized spacial score (nSPS) is 30.6. The Kier molecular flexibility index (Phi) is 7.12. The zero-order valence-corrected chi connectivity index (χ0v) is 9.18. The molecule has 0 aromatic carbocycles. The smallest absolute Gasteiger partial charge is 0.187 e. The highest BCUT2D eigenvalue weighted by Crippen LogP contribution is 2.44. The predicted molar refractivity (Wildman–Crippen MR) is 66.7 cm³/mol. The summed E-state index contributed by atoms with van der Waals surface area (Å²) in [5.41, 5.74) is -0.259. The molecular formula is C12H27AlO. The maximum atomic E-state index is 10.2. The number of hydrogen-bond donors (Lipinski definition) is 1. The Morgan fingerprint density at radius 1 is 1.21 bits per heavy atom. The van der Waals surface area contributed by atoms with Gasteiger partial charge < -0.3 is 5.11 Å². The molecule has 0 heterocycles. The van der Waals surface area contributed by atoms with Crippen molar-refractivity contribution >= 4 is 17.4 Å². The van der Waals surface area contributed by atoms with Gasteiger partial charge in [0.15, 0.2) is 17.4 Å². The van der Waals surface area contributed by atoms with Crippen LogP contribution in [0.4, 0.5) is 0 Å². The first-order valence-corrected chi connectivity index (χ1v) is 5.95. The number of aliphatic hydroxyl groups is 1. The van der Waals surface area contributed by atoms with Crippen LogP contribution in [0.3, 0.4) is 0 Å². The minimum absolute atomic E-state index is 0. The SMILES string of the molecule is CCCCC1CCC1(O)CCCC.[AlH3]. The number of unbranched alkanes of at least 4 members (excludes halogenated alkanes) is 2. The van der Waals surface area contributed by atoms with Crippen LogP contribution in [0.2, 0.25) is 0 Å². The first-order chi connectivity index (χ1) is 6.23. The molecule has 2 heteroatoms. The molecule has 1 aliphatic carbocycles. The Morgan fingerprint density at radius 2 is 1.86 bits per heavy atom. The van der Waals surface area contributed by atoms with Gasteiger partial charge >= 0.3 is 0 Å². The van der Waals surface area contributed by atoms with Gasteiger partial charge in [0.05, 0.1) is 5.60 Å². The molecule has 0 aromatic heterocycles. The van der Waals surface area contributed by atoms with Gasteiger partial charge in [-0.05, 0) is 31.6 Å². The molecule has 0 radical (unpaired) electrons. The third kappa shape index (κ3) is 3.57. The third-order valence-electron chi connectivity index (χ3n) is 3.56. The van der Waals surface area contributed by atoms with E-state index in [2.05, 4.69) is 13.8 Å². The zero-order chi connectivity index (χ0) is 9.73. The van der Waals surface area contributed by atoms with Crippen LogP contribution in [0, 0.1) is 5.92 Å². The second-order valence-electron chi connectivity index (χ2n) is 4.58. The average Bonchev–Trinajstić information content (AvgIpc) is 2.13. The third-order valence-corrected chi connectivity index (χ3v) is 3.56. The van der Waals surface area contributed by atoms with Gasteiger partial charge in [-0.1, -0.05) is 39.5 Å². The molecule has 1 saturated carbocycles. The Labute approximate surface area is 99.4 Å². The predicted octanol–water partition coefficient (Wildman–Crippen LogP) is 2.32. The maximum Gasteiger partial charge on any atom is 0.187 e. The molecule has 1 N–H and O–H groups in total. The molecule has 1 aliphatic rings. The lowest BCUT2D eigenvalue weighted by atomic mass is 9.65. The monoisotopic (exact) mass is 214 g/mol. The molecule has 1 fully saturated rings. The van der Waals surface area contributed by atoms with Gasteiger partial charge in [0.2, 0.25) is 0 Å². The van der Waals surface area contributed by atoms with E-state index in [1.54, 1.807) is 0 Å². The van der Waals surface area contributed by atoms with Crippen molar-refractivity contribution in [3.05, 3.63) is 0 Å². The molecule has 14 heavy (non-hydrogen) atoms. The van der Waals surface area contributed by atoms with Gasteiger partial charge in [-0.25, -0.2) is 0 Å². The summed E-state index contributed by atoms with van der Waals surface area (Å²) < 4.78 is 0. The Hall–Kier alpha value is 0.492. The quantitative estimate of drug-likeness (QED) is 0.673. The summed E-state index contributed by atoms with van der Waals surface area (Å²) in [6.07, 6.45) is 9.57. The summed E-state index contributed by atoms with van der Waals surface area (Å²) in [5, 5.41) is 10.2. The molecule has 0 bridgehead atoms. The molecule has 2 atom stereocenters. The standard InChI is InChI=1S/C12H24O.Al.3H/c1-3-5-7-11-8-10-12(11,13)9-6-4-2;;;;/h11,13H,3-10H2,1-2H3;;;;. The van der Waals surface area contributed by atoms with Crippen LogP contribution in [0.1, 0.15) is 65.2 Å². The van der Waals surface area contributed by atoms with Gasteiger partial charge in [0.1, 0.15) is 0 Å². The van der Waals surface area contributed by atoms with Crippen LogP contribution in [-0.4, -0.2) is 28.1 Å². The molecule has 0 aliphatic heterocycles. The van der Waals surface area contributed by atoms with E-state index in [1.165, 1.54) is 38.5 Å². The van der Waals surface area contributed by atoms with Crippen molar-refractivity contribution in [3.63, 3.8) is 0 Å². The van der Waals surface area contributed by atoms with Crippen LogP contribution in [-0.2, 0) is 0 Å². The van der Waals surface area contributed by atoms with Crippen molar-refractivity contribution in [1.29, 1.82) is 0 Å². The minimum atomic E-state index is -0.259. The Morgan fingerprint density at radius 3 is 2.29 bits per heavy atom. The molecule has 0 saturated heterocycles. The van der Waals surface area contributed by atoms with E-state index >= 15 is 0 Å². The van der Waals surface area contributed by atoms with Crippen molar-refractivity contribution in [3.8, 4) is 0 Å². The summed E-state index contributed by atoms with van der Waals surface area (Å²) in [4.78, 5) is 0. The maximum absolute atomic E-state index is 10.2. The lowest BCUT2D eigenvalue weighted by molar-refractivity contribution is -0.105. The first kappa shape index (κ1) is 14.5. The topological polar surface area (TPSA) is 20.2 Å². The lowest BCUT2D eigenvalue weighted by Crippen LogP contribution is -2.46. The van der Waals surface area contributed by atoms with Gasteiger partial charge in [0, 0.05) is 0 Å². The molecule has 1 rings (SSSR count). The van der Waals surface area contributed by atoms with Crippen molar-refractivity contribution in [2.75, 3.05) is 0 Å². The van der Waals surface area contributed by atoms with Crippen LogP contribution < -0.4 is 0 Å². The lowest BCUT2D eigenvalue weighted by Gasteiger charge is -2.46. The summed E-state index contributed by atoms with van der Waals surface area (Å²) >= 11 is 0. The van der Waals surface area contributed by atoms with Crippen LogP contribution in [0.15, 0.2) is 0 Å². The number of rotatable bonds is 6. The molecule has 2 unspecified atom stereocenters. The van der Waals surface area contributed by atoms with Crippen molar-refractivity contribution in [2.24, 2.45) is 5.92 Å². The van der Waals surface area contributed by atoms with E-state index < -0.39 is 0 Å². The highest BCUT2D eigenvalue weighted by Gasteiger charge is 2.43. The van der Waals surface area contributed by atoms with E-state index in [0.717, 1.165) is 12.8 Å². The summed E-state index contributed by atoms with van der Waals surface area (Å²) in [6.45, 7) is 4.42. The van der Waals surface area contributed by atoms with Gasteiger partial charge in [-0.15, -0.1) is 0 Å². The largest absolute Gasteiger partial charge is 0.390 e. The van der Waals surface area contributed by atoms with Crippen LogP contribution in [0.5, 0.6) is 0 Å². The summed E-state index contributed by atoms with van der Waals surface area (Å²) in [5.74, 6) is 0.624. The zero-order valence-electron chi connectivity index (χ0n) is 9.18. The Balaban J connectivity index is 0.00000169. The fraction of sp³-hybridized carbons (Fsp3) is 1.00. The fourth-order valence-electron chi connectivity index (χ4n) is 2.36. The molecule has 1 nitrogen and oxygen atoms in total. The van der Waals surface area contributed by atoms with Crippen molar-refractivity contribution in [2.45, 2.75) is 70.8 Å². The summed E-state index contributed by atoms with van der Waals surface area (Å²) in [6, 6.07) is 0. The fourth-order valence-corrected chi connectivity index (χ4v) is 2.36. The molecule has 0 amide bonds. The highest BCUT2D eigenvalue weighted by molar-refractivity contribution is 5.75. The Bertz CT molecular complexity index is 149. The van der Waals surface area contributed by atoms with Crippen LogP contribution >= 0.6 is 0 Å². The van der Waals surface area contributed by atoms with Crippen molar-refractivity contribution < 1.29 is 5.11 Å². The van der Waals surface area contributed by atoms with E-state index in [4.69, 9.17) is 0 Å². The summed E-state index contributed by atoms with van der Waals surface area (Å²) in [7, 11) is 0. The average molecular weight is 214 g/mol. The second-order valence-corrected chi connectivity index (χ2v) is 4.58. The highest BCUT2D eigenvalue weighted by atomic mass is 27.0.